The minimum absolute atomic E-state index is 0.0747. The lowest BCUT2D eigenvalue weighted by Crippen LogP contribution is -2.45. The van der Waals surface area contributed by atoms with E-state index in [9.17, 15) is 24.0 Å². The monoisotopic (exact) mass is 692 g/mol. The SMILES string of the molecule is COC(=O)C(CCCN=C(N)N)NC(=O)C(CCCCN=C(N)N)CC(=O)C(=O)c1cc(Cl)ccc1NC(=O)c1ccc2ccccc2c1. The van der Waals surface area contributed by atoms with Gasteiger partial charge in [0.25, 0.3) is 5.91 Å². The number of hydrogen-bond donors (Lipinski definition) is 6. The third-order valence-corrected chi connectivity index (χ3v) is 7.78. The van der Waals surface area contributed by atoms with E-state index < -0.39 is 47.7 Å². The summed E-state index contributed by atoms with van der Waals surface area (Å²) in [4.78, 5) is 74.0. The Hall–Kier alpha value is -5.50. The van der Waals surface area contributed by atoms with Crippen LogP contribution in [0.4, 0.5) is 5.69 Å². The number of nitrogens with two attached hydrogens (primary N) is 4. The van der Waals surface area contributed by atoms with E-state index in [4.69, 9.17) is 39.3 Å². The molecular formula is C34H41ClN8O6. The van der Waals surface area contributed by atoms with Crippen LogP contribution in [0.25, 0.3) is 10.8 Å². The Morgan fingerprint density at radius 2 is 1.49 bits per heavy atom. The van der Waals surface area contributed by atoms with Crippen LogP contribution < -0.4 is 33.6 Å². The molecule has 2 amide bonds. The molecule has 0 aliphatic rings. The number of methoxy groups -OCH3 is 1. The molecule has 2 unspecified atom stereocenters. The predicted molar refractivity (Wildman–Crippen MR) is 189 cm³/mol. The number of ether oxygens (including phenoxy) is 1. The highest BCUT2D eigenvalue weighted by atomic mass is 35.5. The summed E-state index contributed by atoms with van der Waals surface area (Å²) in [6, 6.07) is 15.8. The van der Waals surface area contributed by atoms with Crippen molar-refractivity contribution in [1.82, 2.24) is 5.32 Å². The first-order valence-electron chi connectivity index (χ1n) is 15.6. The second-order valence-electron chi connectivity index (χ2n) is 11.2. The second-order valence-corrected chi connectivity index (χ2v) is 11.6. The standard InChI is InChI=1S/C34H41ClN8O6/c1-49-32(48)27(10-6-16-41-34(38)39)43-30(46)22(9-4-5-15-40-33(36)37)18-28(44)29(45)25-19-24(35)13-14-26(25)42-31(47)23-12-11-20-7-2-3-8-21(20)17-23/h2-3,7-8,11-14,17,19,22,27H,4-6,9-10,15-16,18H2,1H3,(H,42,47)(H,43,46)(H4,36,37,40)(H4,38,39,41). The first kappa shape index (κ1) is 38.0. The molecule has 3 aromatic carbocycles. The predicted octanol–water partition coefficient (Wildman–Crippen LogP) is 2.66. The van der Waals surface area contributed by atoms with E-state index in [0.717, 1.165) is 10.8 Å². The van der Waals surface area contributed by atoms with Crippen LogP contribution in [0.2, 0.25) is 5.02 Å². The summed E-state index contributed by atoms with van der Waals surface area (Å²) < 4.78 is 4.85. The average Bonchev–Trinajstić information content (AvgIpc) is 3.08. The number of anilines is 1. The highest BCUT2D eigenvalue weighted by molar-refractivity contribution is 6.45. The molecule has 14 nitrogen and oxygen atoms in total. The number of Topliss-reactive ketones (excluding diaryl/α,β-unsaturated/α-hetero) is 2. The van der Waals surface area contributed by atoms with E-state index in [2.05, 4.69) is 20.6 Å². The summed E-state index contributed by atoms with van der Waals surface area (Å²) in [5, 5.41) is 7.31. The Morgan fingerprint density at radius 3 is 2.16 bits per heavy atom. The minimum Gasteiger partial charge on any atom is -0.467 e. The van der Waals surface area contributed by atoms with Gasteiger partial charge in [0, 0.05) is 36.0 Å². The normalized spacial score (nSPS) is 11.9. The number of fused-ring (bicyclic) bond motifs is 1. The molecule has 0 aliphatic carbocycles. The molecule has 2 atom stereocenters. The van der Waals surface area contributed by atoms with Gasteiger partial charge >= 0.3 is 5.97 Å². The fraction of sp³-hybridized carbons (Fsp3) is 0.324. The highest BCUT2D eigenvalue weighted by Gasteiger charge is 2.30. The van der Waals surface area contributed by atoms with Crippen LogP contribution in [0.5, 0.6) is 0 Å². The van der Waals surface area contributed by atoms with E-state index in [1.165, 1.54) is 25.3 Å². The minimum atomic E-state index is -1.05. The van der Waals surface area contributed by atoms with Gasteiger partial charge in [-0.3, -0.25) is 29.2 Å². The van der Waals surface area contributed by atoms with E-state index in [0.29, 0.717) is 31.4 Å². The van der Waals surface area contributed by atoms with Gasteiger partial charge in [-0.25, -0.2) is 4.79 Å². The van der Waals surface area contributed by atoms with Gasteiger partial charge in [-0.1, -0.05) is 48.4 Å². The maximum atomic E-state index is 13.6. The van der Waals surface area contributed by atoms with Crippen molar-refractivity contribution in [2.75, 3.05) is 25.5 Å². The molecular weight excluding hydrogens is 652 g/mol. The number of nitrogens with zero attached hydrogens (tertiary/aromatic N) is 2. The van der Waals surface area contributed by atoms with Crippen LogP contribution >= 0.6 is 11.6 Å². The molecule has 0 saturated heterocycles. The van der Waals surface area contributed by atoms with Crippen molar-refractivity contribution >= 4 is 69.3 Å². The van der Waals surface area contributed by atoms with Crippen molar-refractivity contribution in [3.8, 4) is 0 Å². The van der Waals surface area contributed by atoms with Crippen LogP contribution in [0.1, 0.15) is 59.2 Å². The van der Waals surface area contributed by atoms with Crippen LogP contribution in [0, 0.1) is 5.92 Å². The van der Waals surface area contributed by atoms with Gasteiger partial charge in [-0.05, 0) is 66.8 Å². The van der Waals surface area contributed by atoms with E-state index >= 15 is 0 Å². The van der Waals surface area contributed by atoms with Gasteiger partial charge < -0.3 is 38.3 Å². The number of unbranched alkanes of at least 4 members (excludes halogenated alkanes) is 1. The van der Waals surface area contributed by atoms with Gasteiger partial charge in [0.05, 0.1) is 18.4 Å². The molecule has 0 bridgehead atoms. The molecule has 0 aliphatic heterocycles. The zero-order valence-corrected chi connectivity index (χ0v) is 27.9. The summed E-state index contributed by atoms with van der Waals surface area (Å²) in [5.41, 5.74) is 21.8. The number of halogens is 1. The molecule has 0 fully saturated rings. The fourth-order valence-corrected chi connectivity index (χ4v) is 5.20. The summed E-state index contributed by atoms with van der Waals surface area (Å²) in [5.74, 6) is -4.86. The molecule has 260 valence electrons. The number of carbonyl (C=O) groups excluding carboxylic acids is 5. The topological polar surface area (TPSA) is 247 Å². The lowest BCUT2D eigenvalue weighted by molar-refractivity contribution is -0.146. The largest absolute Gasteiger partial charge is 0.467 e. The van der Waals surface area contributed by atoms with Crippen molar-refractivity contribution in [3.05, 3.63) is 76.8 Å². The molecule has 3 rings (SSSR count). The second kappa shape index (κ2) is 18.7. The number of esters is 1. The van der Waals surface area contributed by atoms with Crippen LogP contribution in [0.3, 0.4) is 0 Å². The van der Waals surface area contributed by atoms with Crippen LogP contribution in [-0.4, -0.2) is 67.5 Å². The van der Waals surface area contributed by atoms with E-state index in [1.807, 2.05) is 24.3 Å². The summed E-state index contributed by atoms with van der Waals surface area (Å²) >= 11 is 6.20. The van der Waals surface area contributed by atoms with Crippen molar-refractivity contribution in [1.29, 1.82) is 0 Å². The van der Waals surface area contributed by atoms with Crippen molar-refractivity contribution in [3.63, 3.8) is 0 Å². The lowest BCUT2D eigenvalue weighted by atomic mass is 9.91. The Bertz CT molecular complexity index is 1740. The first-order chi connectivity index (χ1) is 23.4. The number of rotatable bonds is 18. The fourth-order valence-electron chi connectivity index (χ4n) is 5.03. The molecule has 0 spiro atoms. The molecule has 0 saturated carbocycles. The molecule has 0 aromatic heterocycles. The summed E-state index contributed by atoms with van der Waals surface area (Å²) in [7, 11) is 1.18. The Labute approximate surface area is 288 Å². The zero-order chi connectivity index (χ0) is 35.9. The smallest absolute Gasteiger partial charge is 0.328 e. The quantitative estimate of drug-likeness (QED) is 0.0284. The molecule has 0 heterocycles. The number of amides is 2. The molecule has 49 heavy (non-hydrogen) atoms. The first-order valence-corrected chi connectivity index (χ1v) is 15.9. The Balaban J connectivity index is 1.80. The molecule has 15 heteroatoms. The van der Waals surface area contributed by atoms with Crippen molar-refractivity contribution < 1.29 is 28.7 Å². The number of guanidine groups is 2. The maximum absolute atomic E-state index is 13.6. The van der Waals surface area contributed by atoms with Crippen LogP contribution in [0.15, 0.2) is 70.6 Å². The Kier molecular flexibility index (Phi) is 14.5. The highest BCUT2D eigenvalue weighted by Crippen LogP contribution is 2.25. The van der Waals surface area contributed by atoms with Gasteiger partial charge in [0.15, 0.2) is 11.9 Å². The van der Waals surface area contributed by atoms with E-state index in [-0.39, 0.29) is 47.6 Å². The van der Waals surface area contributed by atoms with Crippen LogP contribution in [-0.2, 0) is 19.1 Å². The van der Waals surface area contributed by atoms with Gasteiger partial charge in [-0.15, -0.1) is 0 Å². The molecule has 0 radical (unpaired) electrons. The lowest BCUT2D eigenvalue weighted by Gasteiger charge is -2.21. The summed E-state index contributed by atoms with van der Waals surface area (Å²) in [6.07, 6.45) is 1.10. The number of nitrogens with one attached hydrogen (secondary N) is 2. The van der Waals surface area contributed by atoms with Crippen molar-refractivity contribution in [2.24, 2.45) is 38.8 Å². The van der Waals surface area contributed by atoms with E-state index in [1.54, 1.807) is 18.2 Å². The number of hydrogen-bond acceptors (Lipinski definition) is 8. The van der Waals surface area contributed by atoms with Gasteiger partial charge in [0.1, 0.15) is 6.04 Å². The summed E-state index contributed by atoms with van der Waals surface area (Å²) in [6.45, 7) is 0.508. The third-order valence-electron chi connectivity index (χ3n) is 7.54. The zero-order valence-electron chi connectivity index (χ0n) is 27.1. The third kappa shape index (κ3) is 11.9. The molecule has 10 N–H and O–H groups in total. The van der Waals surface area contributed by atoms with Gasteiger partial charge in [0.2, 0.25) is 17.5 Å². The number of benzene rings is 3. The van der Waals surface area contributed by atoms with Crippen molar-refractivity contribution in [2.45, 2.75) is 44.6 Å². The number of carbonyl (C=O) groups is 5. The number of aliphatic imine (C=N–C) groups is 2. The molecule has 3 aromatic rings. The Morgan fingerprint density at radius 1 is 0.816 bits per heavy atom. The average molecular weight is 693 g/mol. The number of ketones is 2. The van der Waals surface area contributed by atoms with Gasteiger partial charge in [-0.2, -0.15) is 0 Å². The maximum Gasteiger partial charge on any atom is 0.328 e.